The zero-order valence-corrected chi connectivity index (χ0v) is 22.6. The van der Waals surface area contributed by atoms with Gasteiger partial charge in [0.25, 0.3) is 0 Å². The molecule has 0 saturated carbocycles. The second kappa shape index (κ2) is 11.7. The first-order valence-corrected chi connectivity index (χ1v) is 12.5. The molecule has 2 aromatic carbocycles. The van der Waals surface area contributed by atoms with Crippen molar-refractivity contribution in [3.05, 3.63) is 76.1 Å². The van der Waals surface area contributed by atoms with Crippen LogP contribution in [0.4, 0.5) is 52.6 Å². The van der Waals surface area contributed by atoms with E-state index in [9.17, 15) is 27.9 Å². The number of rotatable bonds is 8. The number of anilines is 6. The number of hydrogen-bond donors (Lipinski definition) is 5. The number of carboxylic acids is 1. The van der Waals surface area contributed by atoms with Gasteiger partial charge in [-0.05, 0) is 62.7 Å². The number of alkyl halides is 3. The van der Waals surface area contributed by atoms with Gasteiger partial charge in [0.05, 0.1) is 10.6 Å². The van der Waals surface area contributed by atoms with Crippen molar-refractivity contribution in [3.8, 4) is 0 Å². The maximum absolute atomic E-state index is 13.1. The molecule has 15 heteroatoms. The first kappa shape index (κ1) is 29.1. The number of aromatic carboxylic acids is 1. The number of carbonyl (C=O) groups excluding carboxylic acids is 1. The zero-order chi connectivity index (χ0) is 29.9. The van der Waals surface area contributed by atoms with Gasteiger partial charge in [-0.1, -0.05) is 11.6 Å². The molecule has 0 unspecified atom stereocenters. The van der Waals surface area contributed by atoms with Crippen LogP contribution in [-0.2, 0) is 12.7 Å². The molecule has 4 aromatic rings. The molecule has 11 nitrogen and oxygen atoms in total. The number of nitrogens with zero attached hydrogens (tertiary/aromatic N) is 4. The van der Waals surface area contributed by atoms with Crippen molar-refractivity contribution in [2.45, 2.75) is 33.5 Å². The van der Waals surface area contributed by atoms with Crippen molar-refractivity contribution in [2.24, 2.45) is 0 Å². The number of nitrogens with one attached hydrogen (secondary N) is 4. The summed E-state index contributed by atoms with van der Waals surface area (Å²) >= 11 is 5.62. The van der Waals surface area contributed by atoms with Gasteiger partial charge in [-0.15, -0.1) is 0 Å². The minimum Gasteiger partial charge on any atom is -0.476 e. The molecule has 0 saturated heterocycles. The summed E-state index contributed by atoms with van der Waals surface area (Å²) in [6.45, 7) is 5.82. The summed E-state index contributed by atoms with van der Waals surface area (Å²) in [5.74, 6) is -0.0201. The molecule has 0 aliphatic carbocycles. The molecule has 5 N–H and O–H groups in total. The molecule has 0 aliphatic heterocycles. The maximum Gasteiger partial charge on any atom is 0.417 e. The number of carboxylic acid groups (broad SMARTS) is 1. The molecule has 4 rings (SSSR count). The van der Waals surface area contributed by atoms with E-state index in [1.54, 1.807) is 38.1 Å². The second-order valence-corrected chi connectivity index (χ2v) is 9.21. The molecule has 2 amide bonds. The quantitative estimate of drug-likeness (QED) is 0.151. The number of aromatic nitrogens is 4. The highest BCUT2D eigenvalue weighted by Gasteiger charge is 2.33. The lowest BCUT2D eigenvalue weighted by Crippen LogP contribution is -2.20. The number of aryl methyl sites for hydroxylation is 3. The van der Waals surface area contributed by atoms with Crippen LogP contribution in [0.1, 0.15) is 34.2 Å². The highest BCUT2D eigenvalue weighted by molar-refractivity contribution is 6.31. The van der Waals surface area contributed by atoms with E-state index >= 15 is 0 Å². The maximum atomic E-state index is 13.1. The fraction of sp³-hybridized carbons (Fsp3) is 0.192. The number of hydrogen-bond acceptors (Lipinski definition) is 7. The summed E-state index contributed by atoms with van der Waals surface area (Å²) < 4.78 is 40.8. The SMILES string of the molecule is CCn1nc(C(=O)O)cc1Nc1cc(C)nc(Nc2ccc(NC(=O)Nc3ccc(Cl)c(C(F)(F)F)c3)cc2C)n1. The third-order valence-electron chi connectivity index (χ3n) is 5.67. The van der Waals surface area contributed by atoms with Crippen LogP contribution in [0.5, 0.6) is 0 Å². The van der Waals surface area contributed by atoms with Gasteiger partial charge < -0.3 is 26.4 Å². The van der Waals surface area contributed by atoms with Crippen molar-refractivity contribution in [1.82, 2.24) is 19.7 Å². The third kappa shape index (κ3) is 7.22. The van der Waals surface area contributed by atoms with E-state index in [2.05, 4.69) is 36.3 Å². The highest BCUT2D eigenvalue weighted by Crippen LogP contribution is 2.36. The Balaban J connectivity index is 1.45. The van der Waals surface area contributed by atoms with E-state index in [0.717, 1.165) is 12.1 Å². The average Bonchev–Trinajstić information content (AvgIpc) is 3.29. The molecule has 214 valence electrons. The molecule has 2 heterocycles. The van der Waals surface area contributed by atoms with Crippen LogP contribution in [0.15, 0.2) is 48.5 Å². The molecule has 0 bridgehead atoms. The second-order valence-electron chi connectivity index (χ2n) is 8.81. The zero-order valence-electron chi connectivity index (χ0n) is 21.9. The molecule has 2 aromatic heterocycles. The lowest BCUT2D eigenvalue weighted by molar-refractivity contribution is -0.137. The van der Waals surface area contributed by atoms with Crippen LogP contribution in [0.3, 0.4) is 0 Å². The van der Waals surface area contributed by atoms with Crippen molar-refractivity contribution in [3.63, 3.8) is 0 Å². The van der Waals surface area contributed by atoms with E-state index in [-0.39, 0.29) is 17.3 Å². The number of carbonyl (C=O) groups is 2. The third-order valence-corrected chi connectivity index (χ3v) is 6.00. The Hall–Kier alpha value is -4.85. The summed E-state index contributed by atoms with van der Waals surface area (Å²) in [7, 11) is 0. The number of halogens is 4. The molecule has 0 fully saturated rings. The number of urea groups is 1. The van der Waals surface area contributed by atoms with Crippen LogP contribution in [0.25, 0.3) is 0 Å². The standard InChI is InChI=1S/C26H24ClF3N8O3/c1-4-38-22(12-20(37-38)23(39)40)35-21-10-14(3)31-24(36-21)34-19-8-6-15(9-13(19)2)32-25(41)33-16-5-7-18(27)17(11-16)26(28,29)30/h5-12H,4H2,1-3H3,(H,39,40)(H2,32,33,41)(H2,31,34,35,36). The van der Waals surface area contributed by atoms with E-state index in [0.29, 0.717) is 40.8 Å². The summed E-state index contributed by atoms with van der Waals surface area (Å²) in [5.41, 5.74) is 1.14. The van der Waals surface area contributed by atoms with E-state index in [1.165, 1.54) is 16.8 Å². The summed E-state index contributed by atoms with van der Waals surface area (Å²) in [4.78, 5) is 32.5. The van der Waals surface area contributed by atoms with Crippen molar-refractivity contribution < 1.29 is 27.9 Å². The first-order valence-electron chi connectivity index (χ1n) is 12.1. The fourth-order valence-corrected chi connectivity index (χ4v) is 4.02. The van der Waals surface area contributed by atoms with Crippen LogP contribution in [0.2, 0.25) is 5.02 Å². The number of benzene rings is 2. The minimum absolute atomic E-state index is 0.0728. The van der Waals surface area contributed by atoms with Crippen molar-refractivity contribution in [2.75, 3.05) is 21.3 Å². The predicted octanol–water partition coefficient (Wildman–Crippen LogP) is 6.81. The highest BCUT2D eigenvalue weighted by atomic mass is 35.5. The van der Waals surface area contributed by atoms with Crippen molar-refractivity contribution >= 4 is 58.2 Å². The molecule has 0 spiro atoms. The minimum atomic E-state index is -4.66. The topological polar surface area (TPSA) is 146 Å². The number of amides is 2. The predicted molar refractivity (Wildman–Crippen MR) is 148 cm³/mol. The van der Waals surface area contributed by atoms with E-state index in [1.807, 2.05) is 6.92 Å². The van der Waals surface area contributed by atoms with Gasteiger partial charge in [0.2, 0.25) is 5.95 Å². The van der Waals surface area contributed by atoms with Crippen LogP contribution in [0, 0.1) is 13.8 Å². The Labute approximate surface area is 236 Å². The van der Waals surface area contributed by atoms with Crippen molar-refractivity contribution in [1.29, 1.82) is 0 Å². The van der Waals surface area contributed by atoms with Gasteiger partial charge in [-0.3, -0.25) is 0 Å². The van der Waals surface area contributed by atoms with Crippen LogP contribution < -0.4 is 21.3 Å². The lowest BCUT2D eigenvalue weighted by Gasteiger charge is -2.14. The normalized spacial score (nSPS) is 11.2. The summed E-state index contributed by atoms with van der Waals surface area (Å²) in [6, 6.07) is 10.4. The largest absolute Gasteiger partial charge is 0.476 e. The molecule has 41 heavy (non-hydrogen) atoms. The molecule has 0 atom stereocenters. The monoisotopic (exact) mass is 588 g/mol. The van der Waals surface area contributed by atoms with E-state index < -0.39 is 28.8 Å². The van der Waals surface area contributed by atoms with Gasteiger partial charge in [0.1, 0.15) is 11.6 Å². The van der Waals surface area contributed by atoms with E-state index in [4.69, 9.17) is 11.6 Å². The Morgan fingerprint density at radius 1 is 0.976 bits per heavy atom. The Morgan fingerprint density at radius 2 is 1.66 bits per heavy atom. The average molecular weight is 589 g/mol. The fourth-order valence-electron chi connectivity index (χ4n) is 3.80. The lowest BCUT2D eigenvalue weighted by atomic mass is 10.1. The van der Waals surface area contributed by atoms with Gasteiger partial charge in [-0.25, -0.2) is 19.3 Å². The Kier molecular flexibility index (Phi) is 8.33. The van der Waals surface area contributed by atoms with Gasteiger partial charge >= 0.3 is 18.2 Å². The van der Waals surface area contributed by atoms with Gasteiger partial charge in [0, 0.05) is 41.4 Å². The molecule has 0 radical (unpaired) electrons. The smallest absolute Gasteiger partial charge is 0.417 e. The first-order chi connectivity index (χ1) is 19.3. The van der Waals surface area contributed by atoms with Gasteiger partial charge in [0.15, 0.2) is 5.69 Å². The molecule has 0 aliphatic rings. The van der Waals surface area contributed by atoms with Crippen LogP contribution >= 0.6 is 11.6 Å². The molecular formula is C26H24ClF3N8O3. The Morgan fingerprint density at radius 3 is 2.29 bits per heavy atom. The summed E-state index contributed by atoms with van der Waals surface area (Å²) in [6.07, 6.45) is -4.66. The summed E-state index contributed by atoms with van der Waals surface area (Å²) in [5, 5.41) is 23.9. The Bertz CT molecular complexity index is 1620. The van der Waals surface area contributed by atoms with Crippen LogP contribution in [-0.4, -0.2) is 36.9 Å². The molecular weight excluding hydrogens is 565 g/mol. The van der Waals surface area contributed by atoms with Gasteiger partial charge in [-0.2, -0.15) is 23.3 Å².